The molecular weight excluding hydrogens is 188 g/mol. The van der Waals surface area contributed by atoms with E-state index in [1.165, 1.54) is 31.2 Å². The van der Waals surface area contributed by atoms with Gasteiger partial charge < -0.3 is 5.43 Å². The van der Waals surface area contributed by atoms with Crippen LogP contribution in [0.5, 0.6) is 0 Å². The van der Waals surface area contributed by atoms with E-state index in [0.29, 0.717) is 0 Å². The second-order valence-corrected chi connectivity index (χ2v) is 3.81. The quantitative estimate of drug-likeness (QED) is 0.517. The first-order valence-corrected chi connectivity index (χ1v) is 5.53. The van der Waals surface area contributed by atoms with Gasteiger partial charge in [0.15, 0.2) is 0 Å². The highest BCUT2D eigenvalue weighted by atomic mass is 15.7. The Bertz CT molecular complexity index is 275. The molecule has 2 rings (SSSR count). The molecule has 0 atom stereocenters. The fraction of sp³-hybridized carbons (Fsp3) is 0.455. The molecule has 1 aromatic carbocycles. The average Bonchev–Trinajstić information content (AvgIpc) is 2.26. The van der Waals surface area contributed by atoms with Crippen LogP contribution in [0.4, 0.5) is 5.69 Å². The standard InChI is InChI=1S/C11H18N4/c1-2-5-10-6-4-7-11(9-10)13-15-14-12-8-3-1/h4,6-7,9,12-15H,1-3,5,8H2. The minimum Gasteiger partial charge on any atom is -0.307 e. The van der Waals surface area contributed by atoms with Gasteiger partial charge in [-0.15, -0.1) is 0 Å². The van der Waals surface area contributed by atoms with E-state index in [4.69, 9.17) is 0 Å². The van der Waals surface area contributed by atoms with Crippen LogP contribution in [0.25, 0.3) is 0 Å². The summed E-state index contributed by atoms with van der Waals surface area (Å²) in [7, 11) is 0. The Balaban J connectivity index is 2.00. The van der Waals surface area contributed by atoms with Gasteiger partial charge in [-0.2, -0.15) is 11.1 Å². The number of rotatable bonds is 0. The summed E-state index contributed by atoms with van der Waals surface area (Å²) < 4.78 is 0. The molecule has 0 fully saturated rings. The number of hydrogen-bond acceptors (Lipinski definition) is 4. The topological polar surface area (TPSA) is 48.1 Å². The van der Waals surface area contributed by atoms with Crippen LogP contribution < -0.4 is 21.9 Å². The van der Waals surface area contributed by atoms with Gasteiger partial charge in [0.2, 0.25) is 0 Å². The Morgan fingerprint density at radius 1 is 1.00 bits per heavy atom. The first-order valence-electron chi connectivity index (χ1n) is 5.53. The number of nitrogens with one attached hydrogen (secondary N) is 4. The van der Waals surface area contributed by atoms with Crippen LogP contribution in [0.3, 0.4) is 0 Å². The molecule has 0 aromatic heterocycles. The van der Waals surface area contributed by atoms with Gasteiger partial charge in [-0.3, -0.25) is 0 Å². The molecule has 4 N–H and O–H groups in total. The molecular formula is C11H18N4. The lowest BCUT2D eigenvalue weighted by Gasteiger charge is -2.13. The molecule has 1 aliphatic heterocycles. The van der Waals surface area contributed by atoms with Crippen molar-refractivity contribution >= 4 is 5.69 Å². The number of fused-ring (bicyclic) bond motifs is 2. The van der Waals surface area contributed by atoms with Crippen LogP contribution in [0.1, 0.15) is 24.8 Å². The van der Waals surface area contributed by atoms with E-state index in [-0.39, 0.29) is 0 Å². The minimum absolute atomic E-state index is 0.989. The van der Waals surface area contributed by atoms with Crippen LogP contribution in [0.15, 0.2) is 24.3 Å². The molecule has 1 aliphatic rings. The lowest BCUT2D eigenvalue weighted by Crippen LogP contribution is -2.46. The van der Waals surface area contributed by atoms with E-state index < -0.39 is 0 Å². The molecule has 82 valence electrons. The molecule has 0 spiro atoms. The maximum absolute atomic E-state index is 3.09. The third-order valence-corrected chi connectivity index (χ3v) is 2.55. The number of aryl methyl sites for hydroxylation is 1. The molecule has 0 saturated heterocycles. The van der Waals surface area contributed by atoms with Crippen LogP contribution in [-0.2, 0) is 6.42 Å². The van der Waals surface area contributed by atoms with Gasteiger partial charge in [0.05, 0.1) is 5.69 Å². The van der Waals surface area contributed by atoms with Gasteiger partial charge >= 0.3 is 0 Å². The van der Waals surface area contributed by atoms with Crippen LogP contribution in [0.2, 0.25) is 0 Å². The number of anilines is 1. The van der Waals surface area contributed by atoms with Crippen molar-refractivity contribution < 1.29 is 0 Å². The molecule has 2 bridgehead atoms. The molecule has 15 heavy (non-hydrogen) atoms. The Morgan fingerprint density at radius 3 is 3.00 bits per heavy atom. The van der Waals surface area contributed by atoms with E-state index in [1.807, 2.05) is 6.07 Å². The van der Waals surface area contributed by atoms with Crippen molar-refractivity contribution in [3.05, 3.63) is 29.8 Å². The average molecular weight is 206 g/mol. The normalized spacial score (nSPS) is 18.4. The second-order valence-electron chi connectivity index (χ2n) is 3.81. The van der Waals surface area contributed by atoms with Crippen molar-refractivity contribution in [2.45, 2.75) is 25.7 Å². The zero-order valence-electron chi connectivity index (χ0n) is 8.84. The maximum atomic E-state index is 3.09. The largest absolute Gasteiger partial charge is 0.307 e. The summed E-state index contributed by atoms with van der Waals surface area (Å²) in [5, 5.41) is 0. The molecule has 0 amide bonds. The third kappa shape index (κ3) is 3.51. The zero-order chi connectivity index (χ0) is 10.3. The molecule has 0 saturated carbocycles. The minimum atomic E-state index is 0.989. The maximum Gasteiger partial charge on any atom is 0.0504 e. The summed E-state index contributed by atoms with van der Waals surface area (Å²) in [6.45, 7) is 0.989. The van der Waals surface area contributed by atoms with E-state index in [0.717, 1.165) is 12.2 Å². The van der Waals surface area contributed by atoms with Crippen molar-refractivity contribution in [1.82, 2.24) is 16.5 Å². The van der Waals surface area contributed by atoms with Crippen LogP contribution in [0, 0.1) is 0 Å². The summed E-state index contributed by atoms with van der Waals surface area (Å²) in [5.41, 5.74) is 14.5. The van der Waals surface area contributed by atoms with Crippen molar-refractivity contribution in [1.29, 1.82) is 0 Å². The molecule has 0 radical (unpaired) electrons. The molecule has 0 unspecified atom stereocenters. The SMILES string of the molecule is c1cc2cc(c1)NNNNCCCCC2. The lowest BCUT2D eigenvalue weighted by atomic mass is 10.1. The van der Waals surface area contributed by atoms with E-state index in [1.54, 1.807) is 0 Å². The Kier molecular flexibility index (Phi) is 3.96. The summed E-state index contributed by atoms with van der Waals surface area (Å²) in [6.07, 6.45) is 4.90. The zero-order valence-corrected chi connectivity index (χ0v) is 8.84. The van der Waals surface area contributed by atoms with Gasteiger partial charge in [-0.25, -0.2) is 5.43 Å². The molecule has 4 nitrogen and oxygen atoms in total. The first-order chi connectivity index (χ1) is 7.45. The second kappa shape index (κ2) is 5.70. The number of hydrogen-bond donors (Lipinski definition) is 4. The highest BCUT2D eigenvalue weighted by Crippen LogP contribution is 2.12. The summed E-state index contributed by atoms with van der Waals surface area (Å²) in [6, 6.07) is 8.49. The van der Waals surface area contributed by atoms with Gasteiger partial charge in [0.1, 0.15) is 0 Å². The molecule has 1 aromatic rings. The smallest absolute Gasteiger partial charge is 0.0504 e. The molecule has 0 aliphatic carbocycles. The predicted molar refractivity (Wildman–Crippen MR) is 61.9 cm³/mol. The fourth-order valence-electron chi connectivity index (χ4n) is 1.73. The van der Waals surface area contributed by atoms with Gasteiger partial charge in [-0.1, -0.05) is 18.6 Å². The van der Waals surface area contributed by atoms with Crippen LogP contribution in [-0.4, -0.2) is 6.54 Å². The van der Waals surface area contributed by atoms with Crippen LogP contribution >= 0.6 is 0 Å². The van der Waals surface area contributed by atoms with Gasteiger partial charge in [0.25, 0.3) is 0 Å². The predicted octanol–water partition coefficient (Wildman–Crippen LogP) is 1.34. The Morgan fingerprint density at radius 2 is 2.00 bits per heavy atom. The summed E-state index contributed by atoms with van der Waals surface area (Å²) >= 11 is 0. The van der Waals surface area contributed by atoms with Crippen molar-refractivity contribution in [3.8, 4) is 0 Å². The van der Waals surface area contributed by atoms with Gasteiger partial charge in [-0.05, 0) is 37.0 Å². The monoisotopic (exact) mass is 206 g/mol. The highest BCUT2D eigenvalue weighted by molar-refractivity contribution is 5.44. The van der Waals surface area contributed by atoms with E-state index >= 15 is 0 Å². The Hall–Kier alpha value is -1.10. The molecule has 4 heteroatoms. The van der Waals surface area contributed by atoms with E-state index in [2.05, 4.69) is 40.1 Å². The summed E-state index contributed by atoms with van der Waals surface area (Å²) in [5.74, 6) is 0. The highest BCUT2D eigenvalue weighted by Gasteiger charge is 1.97. The van der Waals surface area contributed by atoms with Crippen molar-refractivity contribution in [3.63, 3.8) is 0 Å². The first kappa shape index (κ1) is 10.4. The fourth-order valence-corrected chi connectivity index (χ4v) is 1.73. The lowest BCUT2D eigenvalue weighted by molar-refractivity contribution is 0.452. The van der Waals surface area contributed by atoms with Crippen molar-refractivity contribution in [2.75, 3.05) is 12.0 Å². The summed E-state index contributed by atoms with van der Waals surface area (Å²) in [4.78, 5) is 0. The Labute approximate surface area is 90.4 Å². The third-order valence-electron chi connectivity index (χ3n) is 2.55. The van der Waals surface area contributed by atoms with E-state index in [9.17, 15) is 0 Å². The number of hydrazine groups is 3. The van der Waals surface area contributed by atoms with Gasteiger partial charge in [0, 0.05) is 6.54 Å². The molecule has 1 heterocycles. The number of benzene rings is 1. The van der Waals surface area contributed by atoms with Crippen molar-refractivity contribution in [2.24, 2.45) is 0 Å².